The zero-order valence-corrected chi connectivity index (χ0v) is 14.4. The average molecular weight is 369 g/mol. The van der Waals surface area contributed by atoms with E-state index < -0.39 is 0 Å². The first-order valence-corrected chi connectivity index (χ1v) is 8.66. The van der Waals surface area contributed by atoms with Crippen LogP contribution in [0.4, 0.5) is 5.69 Å². The van der Waals surface area contributed by atoms with Crippen molar-refractivity contribution >= 4 is 45.8 Å². The lowest BCUT2D eigenvalue weighted by Gasteiger charge is -2.18. The maximum absolute atomic E-state index is 6.14. The highest BCUT2D eigenvalue weighted by molar-refractivity contribution is 8.13. The first kappa shape index (κ1) is 16.3. The lowest BCUT2D eigenvalue weighted by molar-refractivity contribution is 0.171. The molecule has 4 nitrogen and oxygen atoms in total. The van der Waals surface area contributed by atoms with Crippen LogP contribution in [-0.4, -0.2) is 18.4 Å². The number of hydrogen-bond acceptors (Lipinski definition) is 4. The van der Waals surface area contributed by atoms with Crippen molar-refractivity contribution < 1.29 is 9.47 Å². The van der Waals surface area contributed by atoms with Crippen molar-refractivity contribution in [1.29, 1.82) is 0 Å². The molecule has 0 aliphatic carbocycles. The number of ether oxygens (including phenoxy) is 2. The van der Waals surface area contributed by atoms with Crippen molar-refractivity contribution in [3.05, 3.63) is 52.0 Å². The summed E-state index contributed by atoms with van der Waals surface area (Å²) in [5.41, 5.74) is 7.66. The van der Waals surface area contributed by atoms with Gasteiger partial charge in [0.05, 0.1) is 5.69 Å². The second kappa shape index (κ2) is 7.34. The summed E-state index contributed by atoms with van der Waals surface area (Å²) in [5, 5.41) is 1.69. The molecule has 0 amide bonds. The highest BCUT2D eigenvalue weighted by atomic mass is 35.5. The molecule has 0 aromatic heterocycles. The van der Waals surface area contributed by atoms with Gasteiger partial charge in [-0.3, -0.25) is 0 Å². The zero-order chi connectivity index (χ0) is 16.2. The highest BCUT2D eigenvalue weighted by Gasteiger charge is 2.11. The van der Waals surface area contributed by atoms with Gasteiger partial charge < -0.3 is 15.2 Å². The Kier molecular flexibility index (Phi) is 5.20. The van der Waals surface area contributed by atoms with Gasteiger partial charge in [0.15, 0.2) is 16.7 Å². The fourth-order valence-electron chi connectivity index (χ4n) is 2.05. The van der Waals surface area contributed by atoms with E-state index in [1.54, 1.807) is 12.1 Å². The number of amidine groups is 1. The second-order valence-electron chi connectivity index (χ2n) is 4.80. The molecule has 1 aliphatic heterocycles. The number of thioether (sulfide) groups is 1. The molecule has 3 rings (SSSR count). The average Bonchev–Trinajstić information content (AvgIpc) is 2.54. The third-order valence-electron chi connectivity index (χ3n) is 3.16. The lowest BCUT2D eigenvalue weighted by atomic mass is 10.2. The summed E-state index contributed by atoms with van der Waals surface area (Å²) in [4.78, 5) is 4.38. The molecule has 2 aromatic rings. The van der Waals surface area contributed by atoms with E-state index in [1.807, 2.05) is 24.3 Å². The molecule has 23 heavy (non-hydrogen) atoms. The quantitative estimate of drug-likeness (QED) is 0.632. The van der Waals surface area contributed by atoms with Crippen LogP contribution in [0.5, 0.6) is 11.5 Å². The summed E-state index contributed by atoms with van der Waals surface area (Å²) in [5.74, 6) is 2.04. The van der Waals surface area contributed by atoms with Crippen LogP contribution in [0.25, 0.3) is 0 Å². The Hall–Kier alpha value is -1.56. The van der Waals surface area contributed by atoms with Gasteiger partial charge in [-0.15, -0.1) is 0 Å². The van der Waals surface area contributed by atoms with Crippen LogP contribution < -0.4 is 15.2 Å². The van der Waals surface area contributed by atoms with Crippen molar-refractivity contribution in [3.8, 4) is 11.5 Å². The van der Waals surface area contributed by atoms with Gasteiger partial charge in [0.1, 0.15) is 13.2 Å². The molecule has 0 saturated carbocycles. The third kappa shape index (κ3) is 4.25. The molecule has 120 valence electrons. The van der Waals surface area contributed by atoms with Crippen LogP contribution in [0.3, 0.4) is 0 Å². The SMILES string of the molecule is NC(=Nc1ccc2c(c1)OCCO2)SCc1ccc(Cl)cc1Cl. The van der Waals surface area contributed by atoms with Gasteiger partial charge in [-0.05, 0) is 29.8 Å². The summed E-state index contributed by atoms with van der Waals surface area (Å²) in [6.45, 7) is 1.11. The topological polar surface area (TPSA) is 56.8 Å². The molecule has 0 unspecified atom stereocenters. The van der Waals surface area contributed by atoms with E-state index in [2.05, 4.69) is 4.99 Å². The van der Waals surface area contributed by atoms with Crippen LogP contribution >= 0.6 is 35.0 Å². The van der Waals surface area contributed by atoms with Crippen molar-refractivity contribution in [2.75, 3.05) is 13.2 Å². The van der Waals surface area contributed by atoms with Crippen molar-refractivity contribution in [2.45, 2.75) is 5.75 Å². The fourth-order valence-corrected chi connectivity index (χ4v) is 3.33. The van der Waals surface area contributed by atoms with Crippen LogP contribution in [0.2, 0.25) is 10.0 Å². The van der Waals surface area contributed by atoms with Crippen LogP contribution in [0, 0.1) is 0 Å². The molecular formula is C16H14Cl2N2O2S. The molecule has 7 heteroatoms. The number of hydrogen-bond donors (Lipinski definition) is 1. The molecule has 1 heterocycles. The number of nitrogens with two attached hydrogens (primary N) is 1. The lowest BCUT2D eigenvalue weighted by Crippen LogP contribution is -2.15. The van der Waals surface area contributed by atoms with Crippen molar-refractivity contribution in [3.63, 3.8) is 0 Å². The zero-order valence-electron chi connectivity index (χ0n) is 12.1. The van der Waals surface area contributed by atoms with Gasteiger partial charge in [0.2, 0.25) is 0 Å². The Morgan fingerprint density at radius 2 is 1.87 bits per heavy atom. The maximum Gasteiger partial charge on any atom is 0.163 e. The molecule has 0 saturated heterocycles. The highest BCUT2D eigenvalue weighted by Crippen LogP contribution is 2.34. The number of rotatable bonds is 3. The van der Waals surface area contributed by atoms with E-state index in [1.165, 1.54) is 11.8 Å². The Labute approximate surface area is 148 Å². The number of nitrogens with zero attached hydrogens (tertiary/aromatic N) is 1. The van der Waals surface area contributed by atoms with Gasteiger partial charge in [-0.25, -0.2) is 4.99 Å². The minimum atomic E-state index is 0.452. The predicted octanol–water partition coefficient (Wildman–Crippen LogP) is 4.64. The number of benzene rings is 2. The Balaban J connectivity index is 1.67. The molecule has 0 fully saturated rings. The molecule has 0 spiro atoms. The van der Waals surface area contributed by atoms with Gasteiger partial charge in [0.25, 0.3) is 0 Å². The molecule has 2 aromatic carbocycles. The standard InChI is InChI=1S/C16H14Cl2N2O2S/c17-11-2-1-10(13(18)7-11)9-23-16(19)20-12-3-4-14-15(8-12)22-6-5-21-14/h1-4,7-8H,5-6,9H2,(H2,19,20). The predicted molar refractivity (Wildman–Crippen MR) is 96.5 cm³/mol. The summed E-state index contributed by atoms with van der Waals surface area (Å²) in [6, 6.07) is 10.9. The Morgan fingerprint density at radius 3 is 2.65 bits per heavy atom. The number of fused-ring (bicyclic) bond motifs is 1. The van der Waals surface area contributed by atoms with Crippen molar-refractivity contribution in [2.24, 2.45) is 10.7 Å². The van der Waals surface area contributed by atoms with E-state index in [4.69, 9.17) is 38.4 Å². The summed E-state index contributed by atoms with van der Waals surface area (Å²) in [6.07, 6.45) is 0. The Bertz CT molecular complexity index is 753. The monoisotopic (exact) mass is 368 g/mol. The molecule has 0 atom stereocenters. The molecule has 2 N–H and O–H groups in total. The van der Waals surface area contributed by atoms with E-state index in [0.29, 0.717) is 39.9 Å². The van der Waals surface area contributed by atoms with E-state index >= 15 is 0 Å². The van der Waals surface area contributed by atoms with Gasteiger partial charge in [-0.2, -0.15) is 0 Å². The van der Waals surface area contributed by atoms with E-state index in [0.717, 1.165) is 17.0 Å². The van der Waals surface area contributed by atoms with Crippen LogP contribution in [0.15, 0.2) is 41.4 Å². The van der Waals surface area contributed by atoms with Gasteiger partial charge in [0, 0.05) is 21.9 Å². The second-order valence-corrected chi connectivity index (χ2v) is 6.64. The maximum atomic E-state index is 6.14. The Morgan fingerprint density at radius 1 is 1.09 bits per heavy atom. The minimum absolute atomic E-state index is 0.452. The smallest absolute Gasteiger partial charge is 0.163 e. The first-order chi connectivity index (χ1) is 11.1. The van der Waals surface area contributed by atoms with Gasteiger partial charge in [-0.1, -0.05) is 41.0 Å². The summed E-state index contributed by atoms with van der Waals surface area (Å²) < 4.78 is 11.0. The molecule has 0 bridgehead atoms. The normalized spacial score (nSPS) is 13.9. The van der Waals surface area contributed by atoms with Crippen LogP contribution in [0.1, 0.15) is 5.56 Å². The fraction of sp³-hybridized carbons (Fsp3) is 0.188. The largest absolute Gasteiger partial charge is 0.486 e. The number of halogens is 2. The van der Waals surface area contributed by atoms with E-state index in [9.17, 15) is 0 Å². The van der Waals surface area contributed by atoms with E-state index in [-0.39, 0.29) is 0 Å². The molecule has 0 radical (unpaired) electrons. The summed E-state index contributed by atoms with van der Waals surface area (Å²) >= 11 is 13.4. The summed E-state index contributed by atoms with van der Waals surface area (Å²) in [7, 11) is 0. The van der Waals surface area contributed by atoms with Gasteiger partial charge >= 0.3 is 0 Å². The molecule has 1 aliphatic rings. The van der Waals surface area contributed by atoms with Crippen molar-refractivity contribution in [1.82, 2.24) is 0 Å². The first-order valence-electron chi connectivity index (χ1n) is 6.92. The van der Waals surface area contributed by atoms with Crippen LogP contribution in [-0.2, 0) is 5.75 Å². The third-order valence-corrected chi connectivity index (χ3v) is 4.59. The minimum Gasteiger partial charge on any atom is -0.486 e. The number of aliphatic imine (C=N–C) groups is 1. The molecular weight excluding hydrogens is 355 g/mol.